The molecule has 5 aromatic rings. The Bertz CT molecular complexity index is 1460. The van der Waals surface area contributed by atoms with Gasteiger partial charge in [-0.05, 0) is 95.3 Å². The average Bonchev–Trinajstić information content (AvgIpc) is 3.57. The fourth-order valence-corrected chi connectivity index (χ4v) is 3.81. The second-order valence-corrected chi connectivity index (χ2v) is 10.9. The van der Waals surface area contributed by atoms with E-state index < -0.39 is 0 Å². The fraction of sp³-hybridized carbons (Fsp3) is 0.261. The lowest BCUT2D eigenvalue weighted by Gasteiger charge is -2.32. The van der Waals surface area contributed by atoms with Gasteiger partial charge in [0.05, 0.1) is 11.2 Å². The van der Waals surface area contributed by atoms with Gasteiger partial charge in [0.2, 0.25) is 0 Å². The molecule has 14 heteroatoms. The molecule has 192 valence electrons. The van der Waals surface area contributed by atoms with Crippen LogP contribution in [-0.4, -0.2) is 52.5 Å². The number of nitrogens with one attached hydrogen (secondary N) is 1. The number of rotatable bonds is 2. The molecule has 6 heterocycles. The fourth-order valence-electron chi connectivity index (χ4n) is 3.22. The smallest absolute Gasteiger partial charge is 0.399 e. The molecule has 1 aliphatic rings. The monoisotopic (exact) mass is 629 g/mol. The van der Waals surface area contributed by atoms with Crippen LogP contribution in [0.25, 0.3) is 11.3 Å². The molecule has 0 aromatic carbocycles. The van der Waals surface area contributed by atoms with Crippen molar-refractivity contribution in [3.05, 3.63) is 76.6 Å². The first-order chi connectivity index (χ1) is 17.6. The molecule has 37 heavy (non-hydrogen) atoms. The highest BCUT2D eigenvalue weighted by Crippen LogP contribution is 2.36. The summed E-state index contributed by atoms with van der Waals surface area (Å²) < 4.78 is 17.7. The van der Waals surface area contributed by atoms with Crippen LogP contribution >= 0.6 is 31.9 Å². The van der Waals surface area contributed by atoms with Gasteiger partial charge in [0, 0.05) is 27.5 Å². The first kappa shape index (κ1) is 27.1. The Morgan fingerprint density at radius 1 is 0.811 bits per heavy atom. The third kappa shape index (κ3) is 6.51. The Morgan fingerprint density at radius 2 is 1.38 bits per heavy atom. The highest BCUT2D eigenvalue weighted by Gasteiger charge is 2.51. The van der Waals surface area contributed by atoms with Crippen molar-refractivity contribution in [2.45, 2.75) is 38.9 Å². The molecular formula is C23H26BBr2N9O2. The van der Waals surface area contributed by atoms with Gasteiger partial charge < -0.3 is 14.7 Å². The van der Waals surface area contributed by atoms with Gasteiger partial charge in [-0.3, -0.25) is 8.80 Å². The van der Waals surface area contributed by atoms with E-state index in [0.717, 1.165) is 25.7 Å². The van der Waals surface area contributed by atoms with E-state index in [1.807, 2.05) is 79.2 Å². The van der Waals surface area contributed by atoms with E-state index in [9.17, 15) is 0 Å². The van der Waals surface area contributed by atoms with Crippen molar-refractivity contribution < 1.29 is 9.31 Å². The van der Waals surface area contributed by atoms with Crippen molar-refractivity contribution in [1.82, 2.24) is 34.2 Å². The molecule has 6 rings (SSSR count). The Hall–Kier alpha value is -2.91. The van der Waals surface area contributed by atoms with E-state index in [-0.39, 0.29) is 18.3 Å². The third-order valence-electron chi connectivity index (χ3n) is 5.97. The number of nitrogens with zero attached hydrogens (tertiary/aromatic N) is 7. The summed E-state index contributed by atoms with van der Waals surface area (Å²) in [6.45, 7) is 8.18. The predicted molar refractivity (Wildman–Crippen MR) is 149 cm³/mol. The van der Waals surface area contributed by atoms with Gasteiger partial charge in [-0.2, -0.15) is 0 Å². The second kappa shape index (κ2) is 11.2. The molecule has 0 aliphatic carbocycles. The zero-order valence-corrected chi connectivity index (χ0v) is 23.9. The second-order valence-electron chi connectivity index (χ2n) is 9.10. The average molecular weight is 631 g/mol. The number of fused-ring (bicyclic) bond motifs is 2. The summed E-state index contributed by atoms with van der Waals surface area (Å²) in [5.74, 6) is 5.74. The van der Waals surface area contributed by atoms with E-state index in [1.165, 1.54) is 0 Å². The van der Waals surface area contributed by atoms with Crippen LogP contribution in [0, 0.1) is 0 Å². The van der Waals surface area contributed by atoms with Crippen LogP contribution in [0.4, 0.5) is 5.82 Å². The van der Waals surface area contributed by atoms with Gasteiger partial charge in [0.1, 0.15) is 18.5 Å². The number of nitrogens with two attached hydrogens (primary N) is 1. The Labute approximate surface area is 231 Å². The number of hydrazine groups is 1. The van der Waals surface area contributed by atoms with E-state index >= 15 is 0 Å². The van der Waals surface area contributed by atoms with Crippen molar-refractivity contribution in [3.63, 3.8) is 0 Å². The highest BCUT2D eigenvalue weighted by molar-refractivity contribution is 9.10. The van der Waals surface area contributed by atoms with Gasteiger partial charge in [-0.15, -0.1) is 20.4 Å². The normalized spacial score (nSPS) is 15.6. The van der Waals surface area contributed by atoms with E-state index in [0.29, 0.717) is 5.82 Å². The molecule has 3 N–H and O–H groups in total. The van der Waals surface area contributed by atoms with Crippen LogP contribution < -0.4 is 16.7 Å². The maximum atomic E-state index is 6.00. The molecule has 1 aliphatic heterocycles. The van der Waals surface area contributed by atoms with Gasteiger partial charge >= 0.3 is 7.12 Å². The number of hydrogen-bond acceptors (Lipinski definition) is 9. The number of halogens is 2. The van der Waals surface area contributed by atoms with Crippen molar-refractivity contribution >= 4 is 61.6 Å². The summed E-state index contributed by atoms with van der Waals surface area (Å²) in [7, 11) is -0.346. The maximum Gasteiger partial charge on any atom is 0.496 e. The van der Waals surface area contributed by atoms with Crippen LogP contribution in [0.5, 0.6) is 0 Å². The first-order valence-electron chi connectivity index (χ1n) is 11.3. The van der Waals surface area contributed by atoms with Crippen LogP contribution in [0.1, 0.15) is 27.7 Å². The van der Waals surface area contributed by atoms with Gasteiger partial charge in [0.15, 0.2) is 11.3 Å². The number of hydrogen-bond donors (Lipinski definition) is 2. The van der Waals surface area contributed by atoms with E-state index in [1.54, 1.807) is 24.9 Å². The van der Waals surface area contributed by atoms with Gasteiger partial charge in [-0.1, -0.05) is 6.07 Å². The standard InChI is InChI=1S/C12H16BN3O2.C6H4BrN3.C5H6BrN3/c1-11(2)12(3,4)18-13(17-11)9-5-6-10-15-14-8-16(10)7-9;7-5-1-2-6-9-8-4-10(6)3-5;6-4-1-2-5(9-7)8-3-4/h5-8H,1-4H3;1-4H;1-3H,7H2,(H,8,9). The Morgan fingerprint density at radius 3 is 1.95 bits per heavy atom. The maximum absolute atomic E-state index is 6.00. The van der Waals surface area contributed by atoms with Crippen LogP contribution in [0.15, 0.2) is 76.6 Å². The molecule has 11 nitrogen and oxygen atoms in total. The van der Waals surface area contributed by atoms with Crippen molar-refractivity contribution in [2.75, 3.05) is 5.43 Å². The SMILES string of the molecule is Brc1ccc2nncn2c1.CC1(C)OB(c2ccc3nncn3c2)OC1(C)C.NNc1ccc(Br)cn1. The molecule has 0 spiro atoms. The summed E-state index contributed by atoms with van der Waals surface area (Å²) in [5.41, 5.74) is 4.44. The summed E-state index contributed by atoms with van der Waals surface area (Å²) in [6, 6.07) is 11.4. The number of pyridine rings is 3. The third-order valence-corrected chi connectivity index (χ3v) is 6.91. The lowest BCUT2D eigenvalue weighted by atomic mass is 9.80. The molecule has 0 bridgehead atoms. The lowest BCUT2D eigenvalue weighted by molar-refractivity contribution is 0.00578. The summed E-state index contributed by atoms with van der Waals surface area (Å²) in [6.07, 6.45) is 8.87. The summed E-state index contributed by atoms with van der Waals surface area (Å²) >= 11 is 6.58. The predicted octanol–water partition coefficient (Wildman–Crippen LogP) is 3.65. The van der Waals surface area contributed by atoms with Crippen molar-refractivity contribution in [1.29, 1.82) is 0 Å². The zero-order valence-electron chi connectivity index (χ0n) is 20.7. The molecule has 0 unspecified atom stereocenters. The van der Waals surface area contributed by atoms with Crippen LogP contribution in [0.2, 0.25) is 0 Å². The number of aromatic nitrogens is 7. The first-order valence-corrected chi connectivity index (χ1v) is 12.8. The van der Waals surface area contributed by atoms with Crippen LogP contribution in [0.3, 0.4) is 0 Å². The van der Waals surface area contributed by atoms with Crippen molar-refractivity contribution in [2.24, 2.45) is 5.84 Å². The number of anilines is 1. The minimum Gasteiger partial charge on any atom is -0.399 e. The topological polar surface area (TPSA) is 130 Å². The van der Waals surface area contributed by atoms with Crippen molar-refractivity contribution in [3.8, 4) is 0 Å². The quantitative estimate of drug-likeness (QED) is 0.171. The largest absolute Gasteiger partial charge is 0.496 e. The van der Waals surface area contributed by atoms with Crippen LogP contribution in [-0.2, 0) is 9.31 Å². The summed E-state index contributed by atoms with van der Waals surface area (Å²) in [4.78, 5) is 3.91. The molecule has 0 atom stereocenters. The molecule has 0 saturated carbocycles. The molecular weight excluding hydrogens is 605 g/mol. The molecule has 0 amide bonds. The molecule has 0 radical (unpaired) electrons. The van der Waals surface area contributed by atoms with Gasteiger partial charge in [-0.25, -0.2) is 10.8 Å². The zero-order chi connectivity index (χ0) is 26.6. The Kier molecular flexibility index (Phi) is 8.24. The highest BCUT2D eigenvalue weighted by atomic mass is 79.9. The summed E-state index contributed by atoms with van der Waals surface area (Å²) in [5, 5.41) is 15.4. The molecule has 1 fully saturated rings. The molecule has 5 aromatic heterocycles. The lowest BCUT2D eigenvalue weighted by Crippen LogP contribution is -2.41. The van der Waals surface area contributed by atoms with E-state index in [2.05, 4.69) is 62.7 Å². The number of nitrogen functional groups attached to an aromatic ring is 1. The molecule has 1 saturated heterocycles. The minimum atomic E-state index is -0.346. The van der Waals surface area contributed by atoms with E-state index in [4.69, 9.17) is 15.2 Å². The minimum absolute atomic E-state index is 0.320. The van der Waals surface area contributed by atoms with Gasteiger partial charge in [0.25, 0.3) is 0 Å². The Balaban J connectivity index is 0.000000143.